The van der Waals surface area contributed by atoms with E-state index in [2.05, 4.69) is 5.32 Å². The van der Waals surface area contributed by atoms with Gasteiger partial charge in [-0.1, -0.05) is 41.4 Å². The second-order valence-corrected chi connectivity index (χ2v) is 6.09. The van der Waals surface area contributed by atoms with Crippen LogP contribution in [0.3, 0.4) is 0 Å². The lowest BCUT2D eigenvalue weighted by Crippen LogP contribution is -2.54. The summed E-state index contributed by atoms with van der Waals surface area (Å²) in [5, 5.41) is 2.35. The molecule has 0 aromatic heterocycles. The van der Waals surface area contributed by atoms with Crippen LogP contribution in [0.5, 0.6) is 5.75 Å². The number of nitrogens with one attached hydrogen (secondary N) is 1. The summed E-state index contributed by atoms with van der Waals surface area (Å²) in [5.41, 5.74) is 0.483. The highest BCUT2D eigenvalue weighted by Crippen LogP contribution is 2.34. The average molecular weight is 391 g/mol. The summed E-state index contributed by atoms with van der Waals surface area (Å²) >= 11 is 12.1. The van der Waals surface area contributed by atoms with Crippen molar-refractivity contribution >= 4 is 52.8 Å². The molecule has 1 heterocycles. The zero-order valence-electron chi connectivity index (χ0n) is 13.5. The van der Waals surface area contributed by atoms with E-state index in [1.54, 1.807) is 30.3 Å². The number of amides is 4. The molecule has 2 aromatic carbocycles. The molecule has 132 valence electrons. The summed E-state index contributed by atoms with van der Waals surface area (Å²) in [6.45, 7) is 0. The molecule has 26 heavy (non-hydrogen) atoms. The molecular weight excluding hydrogens is 379 g/mol. The van der Waals surface area contributed by atoms with Crippen LogP contribution in [0.15, 0.2) is 48.0 Å². The molecule has 0 atom stereocenters. The third kappa shape index (κ3) is 3.29. The normalized spacial score (nSPS) is 16.0. The molecule has 3 rings (SSSR count). The average Bonchev–Trinajstić information content (AvgIpc) is 2.62. The Balaban J connectivity index is 2.02. The van der Waals surface area contributed by atoms with Gasteiger partial charge in [-0.2, -0.15) is 0 Å². The fourth-order valence-electron chi connectivity index (χ4n) is 2.41. The van der Waals surface area contributed by atoms with Gasteiger partial charge in [-0.05, 0) is 35.9 Å². The van der Waals surface area contributed by atoms with Crippen molar-refractivity contribution in [3.63, 3.8) is 0 Å². The largest absolute Gasteiger partial charge is 0.497 e. The minimum Gasteiger partial charge on any atom is -0.497 e. The van der Waals surface area contributed by atoms with Gasteiger partial charge in [-0.15, -0.1) is 0 Å². The van der Waals surface area contributed by atoms with Crippen LogP contribution in [0.2, 0.25) is 10.0 Å². The monoisotopic (exact) mass is 390 g/mol. The van der Waals surface area contributed by atoms with Gasteiger partial charge in [0.05, 0.1) is 22.8 Å². The van der Waals surface area contributed by atoms with Gasteiger partial charge in [0.1, 0.15) is 11.3 Å². The lowest BCUT2D eigenvalue weighted by molar-refractivity contribution is -0.122. The molecule has 8 heteroatoms. The molecule has 1 aliphatic rings. The van der Waals surface area contributed by atoms with Gasteiger partial charge < -0.3 is 4.74 Å². The second kappa shape index (κ2) is 7.19. The van der Waals surface area contributed by atoms with Gasteiger partial charge in [0, 0.05) is 0 Å². The zero-order valence-corrected chi connectivity index (χ0v) is 15.0. The molecule has 0 unspecified atom stereocenters. The van der Waals surface area contributed by atoms with Crippen LogP contribution in [-0.4, -0.2) is 25.0 Å². The number of nitrogens with zero attached hydrogens (tertiary/aromatic N) is 1. The Bertz CT molecular complexity index is 939. The number of hydrogen-bond donors (Lipinski definition) is 1. The van der Waals surface area contributed by atoms with Crippen molar-refractivity contribution in [2.45, 2.75) is 0 Å². The quantitative estimate of drug-likeness (QED) is 0.640. The lowest BCUT2D eigenvalue weighted by Gasteiger charge is -2.27. The van der Waals surface area contributed by atoms with Crippen LogP contribution in [-0.2, 0) is 9.59 Å². The third-order valence-corrected chi connectivity index (χ3v) is 4.51. The summed E-state index contributed by atoms with van der Waals surface area (Å²) in [6, 6.07) is 10.4. The van der Waals surface area contributed by atoms with E-state index in [0.29, 0.717) is 11.3 Å². The standard InChI is InChI=1S/C18H12Cl2N2O4/c1-26-11-7-5-10(6-8-11)9-12-16(23)21-18(25)22(17(12)24)14-4-2-3-13(19)15(14)20/h2-9H,1H3,(H,21,23,25)/b12-9+. The number of carbonyl (C=O) groups excluding carboxylic acids is 3. The molecule has 0 bridgehead atoms. The summed E-state index contributed by atoms with van der Waals surface area (Å²) < 4.78 is 5.07. The van der Waals surface area contributed by atoms with E-state index < -0.39 is 17.8 Å². The molecule has 0 radical (unpaired) electrons. The summed E-state index contributed by atoms with van der Waals surface area (Å²) in [7, 11) is 1.53. The van der Waals surface area contributed by atoms with Crippen LogP contribution in [0.25, 0.3) is 6.08 Å². The molecule has 4 amide bonds. The van der Waals surface area contributed by atoms with E-state index in [-0.39, 0.29) is 21.3 Å². The topological polar surface area (TPSA) is 75.7 Å². The van der Waals surface area contributed by atoms with E-state index in [1.165, 1.54) is 25.3 Å². The Morgan fingerprint density at radius 1 is 1.04 bits per heavy atom. The van der Waals surface area contributed by atoms with Crippen LogP contribution in [0.4, 0.5) is 10.5 Å². The van der Waals surface area contributed by atoms with Crippen LogP contribution < -0.4 is 15.0 Å². The number of imide groups is 2. The molecule has 1 aliphatic heterocycles. The number of urea groups is 1. The van der Waals surface area contributed by atoms with E-state index in [0.717, 1.165) is 4.90 Å². The molecular formula is C18H12Cl2N2O4. The first-order valence-corrected chi connectivity index (χ1v) is 8.17. The van der Waals surface area contributed by atoms with Crippen LogP contribution in [0.1, 0.15) is 5.56 Å². The first-order chi connectivity index (χ1) is 12.4. The van der Waals surface area contributed by atoms with Gasteiger partial charge in [-0.3, -0.25) is 14.9 Å². The Kier molecular flexibility index (Phi) is 4.97. The summed E-state index contributed by atoms with van der Waals surface area (Å²) in [4.78, 5) is 37.9. The maximum absolute atomic E-state index is 12.8. The van der Waals surface area contributed by atoms with Gasteiger partial charge in [0.2, 0.25) is 0 Å². The molecule has 1 fully saturated rings. The van der Waals surface area contributed by atoms with Crippen molar-refractivity contribution < 1.29 is 19.1 Å². The maximum Gasteiger partial charge on any atom is 0.336 e. The van der Waals surface area contributed by atoms with Gasteiger partial charge in [0.25, 0.3) is 11.8 Å². The zero-order chi connectivity index (χ0) is 18.8. The minimum atomic E-state index is -0.893. The fraction of sp³-hybridized carbons (Fsp3) is 0.0556. The molecule has 2 aromatic rings. The number of anilines is 1. The molecule has 0 spiro atoms. The smallest absolute Gasteiger partial charge is 0.336 e. The number of ether oxygens (including phenoxy) is 1. The lowest BCUT2D eigenvalue weighted by atomic mass is 10.1. The third-order valence-electron chi connectivity index (χ3n) is 3.70. The van der Waals surface area contributed by atoms with E-state index in [4.69, 9.17) is 27.9 Å². The highest BCUT2D eigenvalue weighted by Gasteiger charge is 2.37. The number of hydrogen-bond acceptors (Lipinski definition) is 4. The van der Waals surface area contributed by atoms with Crippen molar-refractivity contribution in [3.05, 3.63) is 63.6 Å². The van der Waals surface area contributed by atoms with Crippen molar-refractivity contribution in [1.82, 2.24) is 5.32 Å². The van der Waals surface area contributed by atoms with E-state index in [1.807, 2.05) is 0 Å². The predicted octanol–water partition coefficient (Wildman–Crippen LogP) is 3.67. The first kappa shape index (κ1) is 18.0. The Labute approximate surface area is 158 Å². The molecule has 6 nitrogen and oxygen atoms in total. The van der Waals surface area contributed by atoms with Gasteiger partial charge >= 0.3 is 6.03 Å². The highest BCUT2D eigenvalue weighted by molar-refractivity contribution is 6.46. The molecule has 0 saturated carbocycles. The van der Waals surface area contributed by atoms with Gasteiger partial charge in [0.15, 0.2) is 0 Å². The molecule has 0 aliphatic carbocycles. The van der Waals surface area contributed by atoms with Crippen LogP contribution >= 0.6 is 23.2 Å². The maximum atomic E-state index is 12.8. The number of rotatable bonds is 3. The SMILES string of the molecule is COc1ccc(/C=C2\C(=O)NC(=O)N(c3cccc(Cl)c3Cl)C2=O)cc1. The van der Waals surface area contributed by atoms with E-state index >= 15 is 0 Å². The summed E-state index contributed by atoms with van der Waals surface area (Å²) in [6.07, 6.45) is 1.38. The Hall–Kier alpha value is -2.83. The summed E-state index contributed by atoms with van der Waals surface area (Å²) in [5.74, 6) is -0.946. The predicted molar refractivity (Wildman–Crippen MR) is 98.5 cm³/mol. The van der Waals surface area contributed by atoms with Crippen molar-refractivity contribution in [2.75, 3.05) is 12.0 Å². The number of barbiturate groups is 1. The first-order valence-electron chi connectivity index (χ1n) is 7.42. The number of halogens is 2. The van der Waals surface area contributed by atoms with Crippen LogP contribution in [0, 0.1) is 0 Å². The minimum absolute atomic E-state index is 0.0378. The van der Waals surface area contributed by atoms with Crippen molar-refractivity contribution in [2.24, 2.45) is 0 Å². The Morgan fingerprint density at radius 2 is 1.73 bits per heavy atom. The second-order valence-electron chi connectivity index (χ2n) is 5.30. The molecule has 1 saturated heterocycles. The van der Waals surface area contributed by atoms with E-state index in [9.17, 15) is 14.4 Å². The number of carbonyl (C=O) groups is 3. The highest BCUT2D eigenvalue weighted by atomic mass is 35.5. The van der Waals surface area contributed by atoms with Crippen molar-refractivity contribution in [3.8, 4) is 5.75 Å². The number of benzene rings is 2. The number of methoxy groups -OCH3 is 1. The van der Waals surface area contributed by atoms with Crippen molar-refractivity contribution in [1.29, 1.82) is 0 Å². The molecule has 1 N–H and O–H groups in total. The Morgan fingerprint density at radius 3 is 2.38 bits per heavy atom. The fourth-order valence-corrected chi connectivity index (χ4v) is 2.79. The van der Waals surface area contributed by atoms with Gasteiger partial charge in [-0.25, -0.2) is 9.69 Å².